The maximum Gasteiger partial charge on any atom is 0.242 e. The van der Waals surface area contributed by atoms with Crippen molar-refractivity contribution in [3.8, 4) is 11.5 Å². The molecular formula is C23H28N2O5. The number of fused-ring (bicyclic) bond motifs is 1. The summed E-state index contributed by atoms with van der Waals surface area (Å²) in [5.74, 6) is 1.03. The molecule has 0 spiro atoms. The fraction of sp³-hybridized carbons (Fsp3) is 0.435. The van der Waals surface area contributed by atoms with Crippen molar-refractivity contribution in [1.29, 1.82) is 0 Å². The monoisotopic (exact) mass is 412 g/mol. The molecule has 2 aromatic carbocycles. The highest BCUT2D eigenvalue weighted by Gasteiger charge is 2.35. The van der Waals surface area contributed by atoms with Crippen LogP contribution >= 0.6 is 0 Å². The minimum absolute atomic E-state index is 0.163. The van der Waals surface area contributed by atoms with Crippen molar-refractivity contribution >= 4 is 5.91 Å². The molecule has 3 atom stereocenters. The van der Waals surface area contributed by atoms with E-state index in [4.69, 9.17) is 9.47 Å². The first-order valence-electron chi connectivity index (χ1n) is 10.5. The Bertz CT molecular complexity index is 854. The van der Waals surface area contributed by atoms with Crippen molar-refractivity contribution in [3.63, 3.8) is 0 Å². The van der Waals surface area contributed by atoms with Crippen LogP contribution < -0.4 is 14.8 Å². The zero-order valence-electron chi connectivity index (χ0n) is 16.9. The molecule has 2 aliphatic rings. The molecule has 1 saturated heterocycles. The zero-order valence-corrected chi connectivity index (χ0v) is 16.9. The highest BCUT2D eigenvalue weighted by Crippen LogP contribution is 2.34. The van der Waals surface area contributed by atoms with Gasteiger partial charge in [-0.2, -0.15) is 0 Å². The van der Waals surface area contributed by atoms with E-state index in [1.54, 1.807) is 23.1 Å². The minimum Gasteiger partial charge on any atom is -0.486 e. The molecule has 2 aliphatic heterocycles. The number of rotatable bonds is 7. The fourth-order valence-corrected chi connectivity index (χ4v) is 4.02. The quantitative estimate of drug-likeness (QED) is 0.643. The van der Waals surface area contributed by atoms with E-state index in [9.17, 15) is 15.0 Å². The highest BCUT2D eigenvalue weighted by atomic mass is 16.6. The number of carbonyl (C=O) groups is 1. The summed E-state index contributed by atoms with van der Waals surface area (Å²) in [4.78, 5) is 15.1. The van der Waals surface area contributed by atoms with E-state index in [0.717, 1.165) is 18.4 Å². The maximum atomic E-state index is 13.3. The van der Waals surface area contributed by atoms with Crippen molar-refractivity contribution in [3.05, 3.63) is 59.7 Å². The van der Waals surface area contributed by atoms with Gasteiger partial charge in [-0.3, -0.25) is 10.1 Å². The second-order valence-corrected chi connectivity index (χ2v) is 7.67. The van der Waals surface area contributed by atoms with Crippen LogP contribution in [0.25, 0.3) is 0 Å². The van der Waals surface area contributed by atoms with E-state index in [-0.39, 0.29) is 12.5 Å². The van der Waals surface area contributed by atoms with Gasteiger partial charge in [0.1, 0.15) is 25.4 Å². The van der Waals surface area contributed by atoms with Crippen LogP contribution in [-0.4, -0.2) is 60.0 Å². The first-order chi connectivity index (χ1) is 14.7. The van der Waals surface area contributed by atoms with Gasteiger partial charge in [0.05, 0.1) is 12.6 Å². The van der Waals surface area contributed by atoms with Gasteiger partial charge < -0.3 is 24.6 Å². The number of carbonyl (C=O) groups excluding carboxylic acids is 1. The third kappa shape index (κ3) is 4.43. The molecule has 1 fully saturated rings. The molecule has 0 aromatic heterocycles. The Morgan fingerprint density at radius 2 is 1.70 bits per heavy atom. The van der Waals surface area contributed by atoms with Gasteiger partial charge in [-0.1, -0.05) is 36.4 Å². The Hall–Kier alpha value is -2.61. The number of aliphatic hydroxyl groups is 2. The summed E-state index contributed by atoms with van der Waals surface area (Å²) in [5, 5.41) is 24.4. The van der Waals surface area contributed by atoms with Crippen LogP contribution in [0, 0.1) is 0 Å². The summed E-state index contributed by atoms with van der Waals surface area (Å²) in [6.07, 6.45) is 0.813. The molecule has 3 unspecified atom stereocenters. The number of nitrogens with zero attached hydrogens (tertiary/aromatic N) is 1. The molecule has 7 nitrogen and oxygen atoms in total. The molecule has 160 valence electrons. The lowest BCUT2D eigenvalue weighted by molar-refractivity contribution is -0.135. The topological polar surface area (TPSA) is 91.3 Å². The molecule has 2 aromatic rings. The van der Waals surface area contributed by atoms with Crippen molar-refractivity contribution < 1.29 is 24.5 Å². The van der Waals surface area contributed by atoms with E-state index in [1.165, 1.54) is 0 Å². The van der Waals surface area contributed by atoms with Crippen molar-refractivity contribution in [2.24, 2.45) is 0 Å². The molecule has 1 amide bonds. The van der Waals surface area contributed by atoms with E-state index < -0.39 is 18.2 Å². The lowest BCUT2D eigenvalue weighted by Gasteiger charge is -2.31. The molecule has 7 heteroatoms. The first-order valence-corrected chi connectivity index (χ1v) is 10.5. The van der Waals surface area contributed by atoms with Crippen molar-refractivity contribution in [2.45, 2.75) is 31.0 Å². The fourth-order valence-electron chi connectivity index (χ4n) is 4.02. The molecule has 0 bridgehead atoms. The van der Waals surface area contributed by atoms with Crippen LogP contribution in [-0.2, 0) is 4.79 Å². The summed E-state index contributed by atoms with van der Waals surface area (Å²) < 4.78 is 11.2. The molecular weight excluding hydrogens is 384 g/mol. The summed E-state index contributed by atoms with van der Waals surface area (Å²) in [6, 6.07) is 13.3. The number of nitrogens with one attached hydrogen (secondary N) is 1. The molecule has 30 heavy (non-hydrogen) atoms. The Kier molecular flexibility index (Phi) is 6.52. The van der Waals surface area contributed by atoms with Gasteiger partial charge in [-0.05, 0) is 36.1 Å². The third-order valence-electron chi connectivity index (χ3n) is 5.67. The molecule has 0 aliphatic carbocycles. The summed E-state index contributed by atoms with van der Waals surface area (Å²) in [6.45, 7) is 2.10. The Balaban J connectivity index is 1.61. The summed E-state index contributed by atoms with van der Waals surface area (Å²) in [7, 11) is 0. The van der Waals surface area contributed by atoms with Crippen LogP contribution in [0.2, 0.25) is 0 Å². The van der Waals surface area contributed by atoms with Gasteiger partial charge in [-0.25, -0.2) is 0 Å². The lowest BCUT2D eigenvalue weighted by atomic mass is 9.98. The zero-order chi connectivity index (χ0) is 20.9. The van der Waals surface area contributed by atoms with Crippen LogP contribution in [0.3, 0.4) is 0 Å². The predicted octanol–water partition coefficient (Wildman–Crippen LogP) is 1.81. The normalized spacial score (nSPS) is 18.7. The van der Waals surface area contributed by atoms with E-state index in [2.05, 4.69) is 5.32 Å². The van der Waals surface area contributed by atoms with E-state index in [0.29, 0.717) is 43.4 Å². The maximum absolute atomic E-state index is 13.3. The second kappa shape index (κ2) is 9.47. The highest BCUT2D eigenvalue weighted by molar-refractivity contribution is 5.83. The van der Waals surface area contributed by atoms with Gasteiger partial charge in [-0.15, -0.1) is 0 Å². The van der Waals surface area contributed by atoms with Crippen molar-refractivity contribution in [1.82, 2.24) is 10.2 Å². The van der Waals surface area contributed by atoms with Crippen LogP contribution in [0.15, 0.2) is 48.5 Å². The Morgan fingerprint density at radius 1 is 1.00 bits per heavy atom. The minimum atomic E-state index is -1.10. The van der Waals surface area contributed by atoms with Crippen LogP contribution in [0.1, 0.15) is 36.1 Å². The average molecular weight is 412 g/mol. The van der Waals surface area contributed by atoms with Gasteiger partial charge >= 0.3 is 0 Å². The molecule has 2 heterocycles. The number of hydrogen-bond donors (Lipinski definition) is 3. The lowest BCUT2D eigenvalue weighted by Crippen LogP contribution is -2.50. The first kappa shape index (κ1) is 20.7. The number of amides is 1. The summed E-state index contributed by atoms with van der Waals surface area (Å²) in [5.41, 5.74) is 1.42. The SMILES string of the molecule is O=C(C(NC(CO)c1ccccc1)C(O)c1ccc2c(c1)OCCO2)N1CCCC1. The number of aliphatic hydroxyl groups excluding tert-OH is 2. The molecule has 0 saturated carbocycles. The van der Waals surface area contributed by atoms with E-state index in [1.807, 2.05) is 30.3 Å². The Morgan fingerprint density at radius 3 is 2.40 bits per heavy atom. The van der Waals surface area contributed by atoms with Gasteiger partial charge in [0.15, 0.2) is 11.5 Å². The van der Waals surface area contributed by atoms with Gasteiger partial charge in [0.25, 0.3) is 0 Å². The largest absolute Gasteiger partial charge is 0.486 e. The standard InChI is InChI=1S/C23H28N2O5/c26-15-18(16-6-2-1-3-7-16)24-21(23(28)25-10-4-5-11-25)22(27)17-8-9-19-20(14-17)30-13-12-29-19/h1-3,6-9,14,18,21-22,24,26-27H,4-5,10-13,15H2. The molecule has 4 rings (SSSR count). The van der Waals surface area contributed by atoms with Crippen molar-refractivity contribution in [2.75, 3.05) is 32.9 Å². The number of ether oxygens (including phenoxy) is 2. The summed E-state index contributed by atoms with van der Waals surface area (Å²) >= 11 is 0. The number of hydrogen-bond acceptors (Lipinski definition) is 6. The molecule has 3 N–H and O–H groups in total. The van der Waals surface area contributed by atoms with E-state index >= 15 is 0 Å². The second-order valence-electron chi connectivity index (χ2n) is 7.67. The van der Waals surface area contributed by atoms with Crippen LogP contribution in [0.4, 0.5) is 0 Å². The number of likely N-dealkylation sites (tertiary alicyclic amines) is 1. The third-order valence-corrected chi connectivity index (χ3v) is 5.67. The smallest absolute Gasteiger partial charge is 0.242 e. The van der Waals surface area contributed by atoms with Gasteiger partial charge in [0, 0.05) is 13.1 Å². The predicted molar refractivity (Wildman–Crippen MR) is 111 cm³/mol. The Labute approximate surface area is 176 Å². The number of benzene rings is 2. The average Bonchev–Trinajstić information content (AvgIpc) is 3.34. The van der Waals surface area contributed by atoms with Gasteiger partial charge in [0.2, 0.25) is 5.91 Å². The molecule has 0 radical (unpaired) electrons. The van der Waals surface area contributed by atoms with Crippen LogP contribution in [0.5, 0.6) is 11.5 Å².